The van der Waals surface area contributed by atoms with E-state index >= 15 is 0 Å². The molecule has 1 amide bonds. The van der Waals surface area contributed by atoms with Crippen LogP contribution in [0.5, 0.6) is 0 Å². The number of anilines is 1. The van der Waals surface area contributed by atoms with Crippen LogP contribution in [0.15, 0.2) is 23.2 Å². The average molecular weight is 424 g/mol. The van der Waals surface area contributed by atoms with Gasteiger partial charge < -0.3 is 5.32 Å². The fraction of sp³-hybridized carbons (Fsp3) is 0.500. The summed E-state index contributed by atoms with van der Waals surface area (Å²) in [5.41, 5.74) is 2.02. The molecule has 1 aromatic carbocycles. The topological polar surface area (TPSA) is 79.4 Å². The molecule has 28 heavy (non-hydrogen) atoms. The van der Waals surface area contributed by atoms with Crippen LogP contribution in [0.25, 0.3) is 0 Å². The largest absolute Gasteiger partial charge is 0.321 e. The van der Waals surface area contributed by atoms with Gasteiger partial charge in [-0.15, -0.1) is 11.3 Å². The fourth-order valence-corrected chi connectivity index (χ4v) is 5.17. The second-order valence-corrected chi connectivity index (χ2v) is 10.7. The SMILES string of the molecule is CCN(CC)S(=O)(=O)c1cc(C)c(C)c(NC(=O)c2cnc(C(C)(C)C)s2)c1. The van der Waals surface area contributed by atoms with Crippen molar-refractivity contribution in [2.75, 3.05) is 18.4 Å². The number of nitrogens with zero attached hydrogens (tertiary/aromatic N) is 2. The Bertz CT molecular complexity index is 969. The minimum atomic E-state index is -3.61. The highest BCUT2D eigenvalue weighted by molar-refractivity contribution is 7.89. The van der Waals surface area contributed by atoms with Gasteiger partial charge in [0.25, 0.3) is 5.91 Å². The summed E-state index contributed by atoms with van der Waals surface area (Å²) in [6, 6.07) is 3.20. The lowest BCUT2D eigenvalue weighted by Crippen LogP contribution is -2.30. The minimum Gasteiger partial charge on any atom is -0.321 e. The summed E-state index contributed by atoms with van der Waals surface area (Å²) in [6.07, 6.45) is 1.57. The summed E-state index contributed by atoms with van der Waals surface area (Å²) in [5, 5.41) is 3.75. The van der Waals surface area contributed by atoms with Gasteiger partial charge in [-0.05, 0) is 37.1 Å². The van der Waals surface area contributed by atoms with Crippen molar-refractivity contribution in [2.24, 2.45) is 0 Å². The Morgan fingerprint density at radius 3 is 2.29 bits per heavy atom. The quantitative estimate of drug-likeness (QED) is 0.749. The highest BCUT2D eigenvalue weighted by atomic mass is 32.2. The van der Waals surface area contributed by atoms with Crippen LogP contribution in [-0.4, -0.2) is 36.7 Å². The average Bonchev–Trinajstić information content (AvgIpc) is 3.10. The first-order valence-corrected chi connectivity index (χ1v) is 11.6. The molecular formula is C20H29N3O3S2. The van der Waals surface area contributed by atoms with Gasteiger partial charge in [-0.25, -0.2) is 13.4 Å². The summed E-state index contributed by atoms with van der Waals surface area (Å²) in [6.45, 7) is 14.2. The Balaban J connectivity index is 2.40. The molecule has 0 saturated carbocycles. The number of aryl methyl sites for hydroxylation is 1. The molecular weight excluding hydrogens is 394 g/mol. The predicted molar refractivity (Wildman–Crippen MR) is 115 cm³/mol. The number of amides is 1. The van der Waals surface area contributed by atoms with E-state index in [4.69, 9.17) is 0 Å². The van der Waals surface area contributed by atoms with E-state index in [1.807, 2.05) is 34.6 Å². The lowest BCUT2D eigenvalue weighted by atomic mass is 9.98. The second-order valence-electron chi connectivity index (χ2n) is 7.74. The van der Waals surface area contributed by atoms with Crippen LogP contribution in [0.1, 0.15) is 60.4 Å². The van der Waals surface area contributed by atoms with Crippen LogP contribution in [0.2, 0.25) is 0 Å². The molecule has 1 heterocycles. The van der Waals surface area contributed by atoms with Crippen molar-refractivity contribution < 1.29 is 13.2 Å². The number of benzene rings is 1. The van der Waals surface area contributed by atoms with Crippen molar-refractivity contribution in [1.29, 1.82) is 0 Å². The van der Waals surface area contributed by atoms with Crippen LogP contribution >= 0.6 is 11.3 Å². The number of carbonyl (C=O) groups excluding carboxylic acids is 1. The number of rotatable bonds is 6. The molecule has 0 radical (unpaired) electrons. The maximum absolute atomic E-state index is 12.9. The molecule has 0 atom stereocenters. The van der Waals surface area contributed by atoms with Gasteiger partial charge in [-0.2, -0.15) is 4.31 Å². The Morgan fingerprint density at radius 1 is 1.18 bits per heavy atom. The molecule has 0 fully saturated rings. The lowest BCUT2D eigenvalue weighted by Gasteiger charge is -2.20. The van der Waals surface area contributed by atoms with Gasteiger partial charge in [0, 0.05) is 24.2 Å². The van der Waals surface area contributed by atoms with Crippen molar-refractivity contribution in [1.82, 2.24) is 9.29 Å². The number of thiazole rings is 1. The van der Waals surface area contributed by atoms with Crippen molar-refractivity contribution >= 4 is 33.0 Å². The molecule has 0 spiro atoms. The van der Waals surface area contributed by atoms with E-state index in [0.717, 1.165) is 16.1 Å². The van der Waals surface area contributed by atoms with E-state index in [1.165, 1.54) is 15.6 Å². The summed E-state index contributed by atoms with van der Waals surface area (Å²) in [7, 11) is -3.61. The number of carbonyl (C=O) groups is 1. The van der Waals surface area contributed by atoms with Gasteiger partial charge in [-0.3, -0.25) is 4.79 Å². The van der Waals surface area contributed by atoms with Crippen molar-refractivity contribution in [3.05, 3.63) is 39.3 Å². The minimum absolute atomic E-state index is 0.131. The molecule has 8 heteroatoms. The molecule has 1 aromatic heterocycles. The molecule has 0 saturated heterocycles. The molecule has 0 bridgehead atoms. The van der Waals surface area contributed by atoms with Gasteiger partial charge >= 0.3 is 0 Å². The van der Waals surface area contributed by atoms with Gasteiger partial charge in [0.05, 0.1) is 16.1 Å². The zero-order chi connectivity index (χ0) is 21.3. The van der Waals surface area contributed by atoms with Crippen molar-refractivity contribution in [2.45, 2.75) is 58.8 Å². The molecule has 2 aromatic rings. The normalized spacial score (nSPS) is 12.4. The third-order valence-corrected chi connectivity index (χ3v) is 8.05. The zero-order valence-corrected chi connectivity index (χ0v) is 19.2. The van der Waals surface area contributed by atoms with E-state index in [0.29, 0.717) is 23.7 Å². The predicted octanol–water partition coefficient (Wildman–Crippen LogP) is 4.34. The molecule has 6 nitrogen and oxygen atoms in total. The maximum Gasteiger partial charge on any atom is 0.267 e. The fourth-order valence-electron chi connectivity index (χ4n) is 2.73. The highest BCUT2D eigenvalue weighted by Crippen LogP contribution is 2.29. The first-order chi connectivity index (χ1) is 12.9. The van der Waals surface area contributed by atoms with Gasteiger partial charge in [-0.1, -0.05) is 34.6 Å². The molecule has 0 aliphatic rings. The van der Waals surface area contributed by atoms with Crippen molar-refractivity contribution in [3.8, 4) is 0 Å². The molecule has 2 rings (SSSR count). The Hall–Kier alpha value is -1.77. The number of hydrogen-bond donors (Lipinski definition) is 1. The molecule has 0 aliphatic carbocycles. The maximum atomic E-state index is 12.9. The molecule has 154 valence electrons. The van der Waals surface area contributed by atoms with Crippen LogP contribution in [0.3, 0.4) is 0 Å². The smallest absolute Gasteiger partial charge is 0.267 e. The second kappa shape index (κ2) is 8.31. The first-order valence-electron chi connectivity index (χ1n) is 9.30. The third-order valence-electron chi connectivity index (χ3n) is 4.60. The lowest BCUT2D eigenvalue weighted by molar-refractivity contribution is 0.103. The monoisotopic (exact) mass is 423 g/mol. The van der Waals surface area contributed by atoms with E-state index in [-0.39, 0.29) is 16.2 Å². The summed E-state index contributed by atoms with van der Waals surface area (Å²) in [4.78, 5) is 17.8. The summed E-state index contributed by atoms with van der Waals surface area (Å²) in [5.74, 6) is -0.284. The Labute approximate surface area is 172 Å². The van der Waals surface area contributed by atoms with Crippen LogP contribution in [0, 0.1) is 13.8 Å². The Morgan fingerprint density at radius 2 is 1.79 bits per heavy atom. The van der Waals surface area contributed by atoms with E-state index in [1.54, 1.807) is 32.2 Å². The first kappa shape index (κ1) is 22.5. The highest BCUT2D eigenvalue weighted by Gasteiger charge is 2.24. The van der Waals surface area contributed by atoms with E-state index in [2.05, 4.69) is 10.3 Å². The van der Waals surface area contributed by atoms with E-state index < -0.39 is 10.0 Å². The summed E-state index contributed by atoms with van der Waals surface area (Å²) < 4.78 is 27.2. The van der Waals surface area contributed by atoms with Gasteiger partial charge in [0.15, 0.2) is 0 Å². The number of nitrogens with one attached hydrogen (secondary N) is 1. The summed E-state index contributed by atoms with van der Waals surface area (Å²) >= 11 is 1.35. The zero-order valence-electron chi connectivity index (χ0n) is 17.6. The van der Waals surface area contributed by atoms with Crippen molar-refractivity contribution in [3.63, 3.8) is 0 Å². The number of sulfonamides is 1. The third kappa shape index (κ3) is 4.61. The van der Waals surface area contributed by atoms with Crippen LogP contribution in [-0.2, 0) is 15.4 Å². The number of aromatic nitrogens is 1. The molecule has 0 aliphatic heterocycles. The Kier molecular flexibility index (Phi) is 6.68. The van der Waals surface area contributed by atoms with Crippen LogP contribution in [0.4, 0.5) is 5.69 Å². The standard InChI is InChI=1S/C20H29N3O3S2/c1-8-23(9-2)28(25,26)15-10-13(3)14(4)16(11-15)22-18(24)17-12-21-19(27-17)20(5,6)7/h10-12H,8-9H2,1-7H3,(H,22,24). The molecule has 1 N–H and O–H groups in total. The number of hydrogen-bond acceptors (Lipinski definition) is 5. The van der Waals surface area contributed by atoms with E-state index in [9.17, 15) is 13.2 Å². The molecule has 0 unspecified atom stereocenters. The van der Waals surface area contributed by atoms with Gasteiger partial charge in [0.1, 0.15) is 4.88 Å². The van der Waals surface area contributed by atoms with Gasteiger partial charge in [0.2, 0.25) is 10.0 Å². The van der Waals surface area contributed by atoms with Crippen LogP contribution < -0.4 is 5.32 Å².